The largest absolute Gasteiger partial charge is 0.393 e. The van der Waals surface area contributed by atoms with E-state index in [0.717, 1.165) is 32.1 Å². The summed E-state index contributed by atoms with van der Waals surface area (Å²) in [5.74, 6) is 3.65. The number of rotatable bonds is 6. The summed E-state index contributed by atoms with van der Waals surface area (Å²) in [4.78, 5) is 12.1. The van der Waals surface area contributed by atoms with Crippen LogP contribution in [0.25, 0.3) is 0 Å². The van der Waals surface area contributed by atoms with Gasteiger partial charge in [-0.3, -0.25) is 4.79 Å². The van der Waals surface area contributed by atoms with Crippen molar-refractivity contribution in [1.29, 1.82) is 0 Å². The average Bonchev–Trinajstić information content (AvgIpc) is 3.09. The number of amides is 1. The van der Waals surface area contributed by atoms with Crippen LogP contribution < -0.4 is 11.1 Å². The van der Waals surface area contributed by atoms with Crippen LogP contribution in [0.1, 0.15) is 85.0 Å². The second kappa shape index (κ2) is 8.95. The van der Waals surface area contributed by atoms with Gasteiger partial charge in [0.1, 0.15) is 0 Å². The van der Waals surface area contributed by atoms with E-state index in [1.165, 1.54) is 25.7 Å². The van der Waals surface area contributed by atoms with Crippen LogP contribution in [0, 0.1) is 46.3 Å². The zero-order valence-electron chi connectivity index (χ0n) is 20.0. The van der Waals surface area contributed by atoms with Crippen LogP contribution in [0.5, 0.6) is 0 Å². The molecule has 0 bridgehead atoms. The number of aliphatic hydroxyl groups is 2. The first kappa shape index (κ1) is 23.5. The van der Waals surface area contributed by atoms with E-state index in [9.17, 15) is 15.0 Å². The first-order valence-electron chi connectivity index (χ1n) is 13.0. The smallest absolute Gasteiger partial charge is 0.220 e. The Morgan fingerprint density at radius 1 is 1.03 bits per heavy atom. The predicted octanol–water partition coefficient (Wildman–Crippen LogP) is 3.47. The molecular weight excluding hydrogens is 388 g/mol. The third-order valence-corrected chi connectivity index (χ3v) is 10.7. The molecule has 31 heavy (non-hydrogen) atoms. The van der Waals surface area contributed by atoms with Gasteiger partial charge in [-0.1, -0.05) is 20.8 Å². The van der Waals surface area contributed by atoms with Gasteiger partial charge in [0.2, 0.25) is 5.91 Å². The molecule has 4 fully saturated rings. The molecule has 5 N–H and O–H groups in total. The Bertz CT molecular complexity index is 657. The quantitative estimate of drug-likeness (QED) is 0.515. The van der Waals surface area contributed by atoms with E-state index < -0.39 is 0 Å². The molecule has 4 rings (SSSR count). The van der Waals surface area contributed by atoms with E-state index in [0.29, 0.717) is 54.5 Å². The molecule has 0 aliphatic heterocycles. The van der Waals surface area contributed by atoms with Gasteiger partial charge in [-0.25, -0.2) is 0 Å². The van der Waals surface area contributed by atoms with Gasteiger partial charge in [0.25, 0.3) is 0 Å². The number of fused-ring (bicyclic) bond motifs is 5. The van der Waals surface area contributed by atoms with Gasteiger partial charge in [0, 0.05) is 19.5 Å². The van der Waals surface area contributed by atoms with Crippen LogP contribution in [0.15, 0.2) is 0 Å². The molecule has 0 radical (unpaired) electrons. The zero-order valence-corrected chi connectivity index (χ0v) is 20.0. The van der Waals surface area contributed by atoms with E-state index in [4.69, 9.17) is 5.73 Å². The molecule has 0 heterocycles. The van der Waals surface area contributed by atoms with E-state index >= 15 is 0 Å². The number of carbonyl (C=O) groups excluding carboxylic acids is 1. The van der Waals surface area contributed by atoms with Crippen molar-refractivity contribution in [3.63, 3.8) is 0 Å². The van der Waals surface area contributed by atoms with Crippen molar-refractivity contribution in [2.24, 2.45) is 52.1 Å². The van der Waals surface area contributed by atoms with Gasteiger partial charge in [-0.05, 0) is 104 Å². The average molecular weight is 435 g/mol. The second-order valence-corrected chi connectivity index (χ2v) is 12.1. The van der Waals surface area contributed by atoms with Crippen LogP contribution in [0.3, 0.4) is 0 Å². The molecule has 5 nitrogen and oxygen atoms in total. The van der Waals surface area contributed by atoms with Crippen molar-refractivity contribution in [3.05, 3.63) is 0 Å². The van der Waals surface area contributed by atoms with Gasteiger partial charge in [-0.15, -0.1) is 0 Å². The van der Waals surface area contributed by atoms with Crippen LogP contribution in [0.2, 0.25) is 0 Å². The fraction of sp³-hybridized carbons (Fsp3) is 0.962. The Morgan fingerprint density at radius 2 is 1.74 bits per heavy atom. The summed E-state index contributed by atoms with van der Waals surface area (Å²) in [7, 11) is 0. The fourth-order valence-electron chi connectivity index (χ4n) is 9.11. The number of aliphatic hydroxyl groups excluding tert-OH is 2. The molecule has 0 aromatic rings. The Balaban J connectivity index is 1.45. The summed E-state index contributed by atoms with van der Waals surface area (Å²) >= 11 is 0. The molecule has 0 spiro atoms. The fourth-order valence-corrected chi connectivity index (χ4v) is 9.11. The van der Waals surface area contributed by atoms with E-state index in [1.54, 1.807) is 0 Å². The van der Waals surface area contributed by atoms with Gasteiger partial charge >= 0.3 is 0 Å². The van der Waals surface area contributed by atoms with Gasteiger partial charge < -0.3 is 21.3 Å². The Kier molecular flexibility index (Phi) is 6.78. The Labute approximate surface area is 188 Å². The number of nitrogens with two attached hydrogens (primary N) is 1. The number of carbonyl (C=O) groups is 1. The summed E-state index contributed by atoms with van der Waals surface area (Å²) in [5, 5.41) is 24.3. The lowest BCUT2D eigenvalue weighted by Crippen LogP contribution is -2.58. The van der Waals surface area contributed by atoms with Crippen molar-refractivity contribution < 1.29 is 15.0 Å². The van der Waals surface area contributed by atoms with Crippen molar-refractivity contribution in [2.45, 2.75) is 97.2 Å². The third kappa shape index (κ3) is 4.08. The summed E-state index contributed by atoms with van der Waals surface area (Å²) in [5.41, 5.74) is 6.03. The number of nitrogens with one attached hydrogen (secondary N) is 1. The predicted molar refractivity (Wildman–Crippen MR) is 123 cm³/mol. The van der Waals surface area contributed by atoms with E-state index in [2.05, 4.69) is 26.1 Å². The first-order valence-corrected chi connectivity index (χ1v) is 13.0. The molecule has 10 atom stereocenters. The molecule has 5 heteroatoms. The Hall–Kier alpha value is -0.650. The molecule has 0 saturated heterocycles. The van der Waals surface area contributed by atoms with Crippen LogP contribution >= 0.6 is 0 Å². The number of hydrogen-bond donors (Lipinski definition) is 4. The SMILES string of the molecule is CC(CCC(=O)NCCN)C1CCC2C3CC(O)C4CC(O)CCC4(C)C3CCC12C. The molecule has 0 aromatic carbocycles. The van der Waals surface area contributed by atoms with Crippen molar-refractivity contribution in [3.8, 4) is 0 Å². The summed E-state index contributed by atoms with van der Waals surface area (Å²) in [6.07, 6.45) is 9.87. The maximum Gasteiger partial charge on any atom is 0.220 e. The topological polar surface area (TPSA) is 95.6 Å². The molecule has 10 unspecified atom stereocenters. The number of hydrogen-bond acceptors (Lipinski definition) is 4. The molecule has 4 aliphatic carbocycles. The maximum absolute atomic E-state index is 12.1. The van der Waals surface area contributed by atoms with Crippen molar-refractivity contribution in [1.82, 2.24) is 5.32 Å². The van der Waals surface area contributed by atoms with Gasteiger partial charge in [0.15, 0.2) is 0 Å². The summed E-state index contributed by atoms with van der Waals surface area (Å²) in [6.45, 7) is 8.38. The minimum absolute atomic E-state index is 0.134. The van der Waals surface area contributed by atoms with Crippen LogP contribution in [-0.2, 0) is 4.79 Å². The molecule has 178 valence electrons. The molecule has 1 amide bonds. The summed E-state index contributed by atoms with van der Waals surface area (Å²) < 4.78 is 0. The standard InChI is InChI=1S/C26H46N2O3/c1-16(4-7-24(31)28-13-12-27)19-5-6-20-18-15-23(30)22-14-17(29)8-10-26(22,3)21(18)9-11-25(19,20)2/h16-23,29-30H,4-15,27H2,1-3H3,(H,28,31). The highest BCUT2D eigenvalue weighted by molar-refractivity contribution is 5.75. The maximum atomic E-state index is 12.1. The monoisotopic (exact) mass is 434 g/mol. The normalized spacial score (nSPS) is 47.7. The third-order valence-electron chi connectivity index (χ3n) is 10.7. The second-order valence-electron chi connectivity index (χ2n) is 12.1. The molecule has 0 aromatic heterocycles. The highest BCUT2D eigenvalue weighted by Crippen LogP contribution is 2.68. The minimum Gasteiger partial charge on any atom is -0.393 e. The highest BCUT2D eigenvalue weighted by atomic mass is 16.3. The van der Waals surface area contributed by atoms with E-state index in [1.807, 2.05) is 0 Å². The summed E-state index contributed by atoms with van der Waals surface area (Å²) in [6, 6.07) is 0. The lowest BCUT2D eigenvalue weighted by atomic mass is 9.44. The Morgan fingerprint density at radius 3 is 2.48 bits per heavy atom. The van der Waals surface area contributed by atoms with E-state index in [-0.39, 0.29) is 29.4 Å². The highest BCUT2D eigenvalue weighted by Gasteiger charge is 2.62. The lowest BCUT2D eigenvalue weighted by molar-refractivity contribution is -0.172. The van der Waals surface area contributed by atoms with Crippen LogP contribution in [0.4, 0.5) is 0 Å². The van der Waals surface area contributed by atoms with Gasteiger partial charge in [0.05, 0.1) is 12.2 Å². The molecule has 4 saturated carbocycles. The first-order chi connectivity index (χ1) is 14.7. The minimum atomic E-state index is -0.258. The molecular formula is C26H46N2O3. The molecule has 4 aliphatic rings. The van der Waals surface area contributed by atoms with Crippen molar-refractivity contribution >= 4 is 5.91 Å². The van der Waals surface area contributed by atoms with Gasteiger partial charge in [-0.2, -0.15) is 0 Å². The van der Waals surface area contributed by atoms with Crippen molar-refractivity contribution in [2.75, 3.05) is 13.1 Å². The lowest BCUT2D eigenvalue weighted by Gasteiger charge is -2.62. The van der Waals surface area contributed by atoms with Crippen LogP contribution in [-0.4, -0.2) is 41.4 Å². The zero-order chi connectivity index (χ0) is 22.4.